The number of hydrogen-bond acceptors (Lipinski definition) is 4. The second-order valence-electron chi connectivity index (χ2n) is 11.4. The van der Waals surface area contributed by atoms with Crippen molar-refractivity contribution in [2.45, 2.75) is 37.4 Å². The summed E-state index contributed by atoms with van der Waals surface area (Å²) < 4.78 is 24.3. The van der Waals surface area contributed by atoms with Crippen LogP contribution in [-0.2, 0) is 10.3 Å². The van der Waals surface area contributed by atoms with Crippen LogP contribution in [0, 0.1) is 5.82 Å². The highest BCUT2D eigenvalue weighted by atomic mass is 19.1. The van der Waals surface area contributed by atoms with Crippen molar-refractivity contribution in [2.75, 3.05) is 0 Å². The molecule has 6 nitrogen and oxygen atoms in total. The first-order chi connectivity index (χ1) is 22.0. The number of nitrogens with zero attached hydrogens (tertiary/aromatic N) is 2. The molecule has 6 aromatic rings. The minimum absolute atomic E-state index is 0.0315. The van der Waals surface area contributed by atoms with E-state index in [-0.39, 0.29) is 23.0 Å². The Labute approximate surface area is 260 Å². The third-order valence-corrected chi connectivity index (χ3v) is 8.48. The third kappa shape index (κ3) is 5.05. The molecular formula is C38H32FN3O3. The van der Waals surface area contributed by atoms with E-state index in [0.717, 1.165) is 29.5 Å². The van der Waals surface area contributed by atoms with Crippen LogP contribution >= 0.6 is 0 Å². The summed E-state index contributed by atoms with van der Waals surface area (Å²) in [7, 11) is 0. The predicted octanol–water partition coefficient (Wildman–Crippen LogP) is 7.14. The van der Waals surface area contributed by atoms with Gasteiger partial charge in [0.25, 0.3) is 0 Å². The van der Waals surface area contributed by atoms with Crippen molar-refractivity contribution >= 4 is 17.0 Å². The standard InChI is InChI=1S/C38H32FN3O3/c1-26(40-38(27-14-5-2-6-15-27,28-16-7-3-8-17-28)29-18-9-4-10-19-29)36(43)45-34-23-12-11-21-32(34)42-35-31(39)20-13-22-33(35)41(37(42)44)30-24-25-30/h2-23,26,30,40H,24-25H2,1H3/t26-/m0/s1. The van der Waals surface area contributed by atoms with Crippen molar-refractivity contribution in [3.8, 4) is 11.4 Å². The molecule has 1 N–H and O–H groups in total. The van der Waals surface area contributed by atoms with Gasteiger partial charge in [-0.15, -0.1) is 0 Å². The maximum atomic E-state index is 15.3. The van der Waals surface area contributed by atoms with Crippen LogP contribution in [0.25, 0.3) is 16.7 Å². The van der Waals surface area contributed by atoms with Crippen LogP contribution in [0.3, 0.4) is 0 Å². The molecule has 0 aliphatic heterocycles. The summed E-state index contributed by atoms with van der Waals surface area (Å²) in [5, 5.41) is 3.63. The van der Waals surface area contributed by atoms with E-state index in [1.165, 1.54) is 10.6 Å². The van der Waals surface area contributed by atoms with Crippen LogP contribution in [-0.4, -0.2) is 21.1 Å². The van der Waals surface area contributed by atoms with E-state index >= 15 is 4.39 Å². The van der Waals surface area contributed by atoms with Gasteiger partial charge in [-0.2, -0.15) is 0 Å². The van der Waals surface area contributed by atoms with Gasteiger partial charge in [0.2, 0.25) is 0 Å². The monoisotopic (exact) mass is 597 g/mol. The molecule has 1 aromatic heterocycles. The van der Waals surface area contributed by atoms with Crippen molar-refractivity contribution in [3.05, 3.63) is 166 Å². The van der Waals surface area contributed by atoms with Gasteiger partial charge in [-0.3, -0.25) is 14.5 Å². The highest BCUT2D eigenvalue weighted by Crippen LogP contribution is 2.39. The first-order valence-electron chi connectivity index (χ1n) is 15.2. The van der Waals surface area contributed by atoms with Crippen LogP contribution < -0.4 is 15.7 Å². The normalized spacial score (nSPS) is 13.9. The Morgan fingerprint density at radius 1 is 0.778 bits per heavy atom. The summed E-state index contributed by atoms with van der Waals surface area (Å²) in [6.45, 7) is 1.76. The number of hydrogen-bond donors (Lipinski definition) is 1. The van der Waals surface area contributed by atoms with Gasteiger partial charge in [-0.25, -0.2) is 14.0 Å². The number of fused-ring (bicyclic) bond motifs is 1. The Morgan fingerprint density at radius 2 is 1.31 bits per heavy atom. The molecule has 5 aromatic carbocycles. The van der Waals surface area contributed by atoms with Crippen LogP contribution in [0.4, 0.5) is 4.39 Å². The van der Waals surface area contributed by atoms with Gasteiger partial charge in [-0.05, 0) is 60.7 Å². The van der Waals surface area contributed by atoms with Crippen molar-refractivity contribution < 1.29 is 13.9 Å². The lowest BCUT2D eigenvalue weighted by atomic mass is 9.76. The summed E-state index contributed by atoms with van der Waals surface area (Å²) in [4.78, 5) is 27.7. The molecule has 45 heavy (non-hydrogen) atoms. The summed E-state index contributed by atoms with van der Waals surface area (Å²) in [6, 6.07) is 40.7. The lowest BCUT2D eigenvalue weighted by Gasteiger charge is -2.38. The van der Waals surface area contributed by atoms with Crippen molar-refractivity contribution in [1.29, 1.82) is 0 Å². The molecule has 1 aliphatic carbocycles. The Balaban J connectivity index is 1.29. The number of aromatic nitrogens is 2. The number of carbonyl (C=O) groups excluding carboxylic acids is 1. The van der Waals surface area contributed by atoms with E-state index in [1.54, 1.807) is 47.9 Å². The Bertz CT molecular complexity index is 1940. The maximum Gasteiger partial charge on any atom is 0.334 e. The molecular weight excluding hydrogens is 565 g/mol. The number of para-hydroxylation sites is 3. The van der Waals surface area contributed by atoms with Crippen LogP contribution in [0.1, 0.15) is 42.5 Å². The van der Waals surface area contributed by atoms with Gasteiger partial charge in [-0.1, -0.05) is 109 Å². The molecule has 1 atom stereocenters. The largest absolute Gasteiger partial charge is 0.423 e. The van der Waals surface area contributed by atoms with Crippen molar-refractivity contribution in [3.63, 3.8) is 0 Å². The first-order valence-corrected chi connectivity index (χ1v) is 15.2. The van der Waals surface area contributed by atoms with Crippen LogP contribution in [0.15, 0.2) is 138 Å². The van der Waals surface area contributed by atoms with E-state index in [4.69, 9.17) is 4.74 Å². The number of esters is 1. The average molecular weight is 598 g/mol. The first kappa shape index (κ1) is 28.5. The topological polar surface area (TPSA) is 65.3 Å². The quantitative estimate of drug-likeness (QED) is 0.109. The Kier molecular flexibility index (Phi) is 7.39. The minimum atomic E-state index is -0.889. The van der Waals surface area contributed by atoms with Crippen LogP contribution in [0.2, 0.25) is 0 Å². The molecule has 0 bridgehead atoms. The van der Waals surface area contributed by atoms with Gasteiger partial charge < -0.3 is 4.74 Å². The molecule has 1 fully saturated rings. The van der Waals surface area contributed by atoms with E-state index < -0.39 is 23.4 Å². The lowest BCUT2D eigenvalue weighted by molar-refractivity contribution is -0.136. The van der Waals surface area contributed by atoms with Gasteiger partial charge in [0.05, 0.1) is 16.7 Å². The Hall–Kier alpha value is -5.27. The average Bonchev–Trinajstić information content (AvgIpc) is 3.87. The van der Waals surface area contributed by atoms with Crippen molar-refractivity contribution in [1.82, 2.24) is 14.5 Å². The van der Waals surface area contributed by atoms with E-state index in [1.807, 2.05) is 91.0 Å². The second-order valence-corrected chi connectivity index (χ2v) is 11.4. The molecule has 0 saturated heterocycles. The fourth-order valence-electron chi connectivity index (χ4n) is 6.26. The second kappa shape index (κ2) is 11.7. The van der Waals surface area contributed by atoms with E-state index in [9.17, 15) is 9.59 Å². The number of ether oxygens (including phenoxy) is 1. The van der Waals surface area contributed by atoms with Crippen LogP contribution in [0.5, 0.6) is 5.75 Å². The molecule has 7 heteroatoms. The highest BCUT2D eigenvalue weighted by molar-refractivity contribution is 5.82. The molecule has 1 saturated carbocycles. The van der Waals surface area contributed by atoms with Crippen molar-refractivity contribution in [2.24, 2.45) is 0 Å². The number of carbonyl (C=O) groups is 1. The number of nitrogens with one attached hydrogen (secondary N) is 1. The highest BCUT2D eigenvalue weighted by Gasteiger charge is 2.39. The number of benzene rings is 5. The lowest BCUT2D eigenvalue weighted by Crippen LogP contribution is -2.52. The number of imidazole rings is 1. The van der Waals surface area contributed by atoms with Gasteiger partial charge in [0.15, 0.2) is 5.75 Å². The molecule has 0 unspecified atom stereocenters. The fourth-order valence-corrected chi connectivity index (χ4v) is 6.26. The molecule has 1 aliphatic rings. The molecule has 7 rings (SSSR count). The maximum absolute atomic E-state index is 15.3. The zero-order valence-corrected chi connectivity index (χ0v) is 24.8. The van der Waals surface area contributed by atoms with E-state index in [0.29, 0.717) is 11.2 Å². The van der Waals surface area contributed by atoms with Gasteiger partial charge >= 0.3 is 11.7 Å². The molecule has 0 amide bonds. The SMILES string of the molecule is C[C@H](NC(c1ccccc1)(c1ccccc1)c1ccccc1)C(=O)Oc1ccccc1-n1c(=O)n(C2CC2)c2cccc(F)c21. The third-order valence-electron chi connectivity index (χ3n) is 8.48. The predicted molar refractivity (Wildman–Crippen MR) is 173 cm³/mol. The molecule has 0 radical (unpaired) electrons. The number of rotatable bonds is 9. The van der Waals surface area contributed by atoms with Gasteiger partial charge in [0.1, 0.15) is 17.4 Å². The zero-order chi connectivity index (χ0) is 31.0. The summed E-state index contributed by atoms with van der Waals surface area (Å²) >= 11 is 0. The molecule has 0 spiro atoms. The summed E-state index contributed by atoms with van der Waals surface area (Å²) in [6.07, 6.45) is 1.72. The van der Waals surface area contributed by atoms with Gasteiger partial charge in [0, 0.05) is 6.04 Å². The number of halogens is 1. The van der Waals surface area contributed by atoms with E-state index in [2.05, 4.69) is 5.32 Å². The summed E-state index contributed by atoms with van der Waals surface area (Å²) in [5.74, 6) is -0.895. The smallest absolute Gasteiger partial charge is 0.334 e. The summed E-state index contributed by atoms with van der Waals surface area (Å²) in [5.41, 5.74) is 2.62. The molecule has 1 heterocycles. The minimum Gasteiger partial charge on any atom is -0.423 e. The zero-order valence-electron chi connectivity index (χ0n) is 24.8. The molecule has 224 valence electrons. The fraction of sp³-hybridized carbons (Fsp3) is 0.158. The Morgan fingerprint density at radius 3 is 1.87 bits per heavy atom.